The summed E-state index contributed by atoms with van der Waals surface area (Å²) in [5, 5.41) is 0. The molecule has 2 aromatic rings. The van der Waals surface area contributed by atoms with Gasteiger partial charge in [-0.1, -0.05) is 6.07 Å². The van der Waals surface area contributed by atoms with Crippen molar-refractivity contribution in [2.24, 2.45) is 5.73 Å². The maximum atomic E-state index is 12.4. The van der Waals surface area contributed by atoms with Crippen molar-refractivity contribution in [3.63, 3.8) is 0 Å². The van der Waals surface area contributed by atoms with Crippen LogP contribution >= 0.6 is 0 Å². The summed E-state index contributed by atoms with van der Waals surface area (Å²) >= 11 is 0. The van der Waals surface area contributed by atoms with Crippen LogP contribution in [0.4, 0.5) is 13.2 Å². The summed E-state index contributed by atoms with van der Waals surface area (Å²) in [5.41, 5.74) is 7.73. The number of carbonyl (C=O) groups excluding carboxylic acids is 1. The zero-order valence-electron chi connectivity index (χ0n) is 15.3. The fourth-order valence-electron chi connectivity index (χ4n) is 3.27. The molecule has 2 N–H and O–H groups in total. The third-order valence-electron chi connectivity index (χ3n) is 4.67. The molecule has 1 aliphatic heterocycles. The number of primary amides is 1. The molecule has 0 aliphatic carbocycles. The second kappa shape index (κ2) is 8.60. The van der Waals surface area contributed by atoms with E-state index in [1.165, 1.54) is 6.20 Å². The molecular formula is C20H22F3N3O2. The van der Waals surface area contributed by atoms with Crippen LogP contribution in [0.3, 0.4) is 0 Å². The topological polar surface area (TPSA) is 68.5 Å². The number of ether oxygens (including phenoxy) is 1. The number of hydrogen-bond donors (Lipinski definition) is 1. The van der Waals surface area contributed by atoms with Crippen LogP contribution in [0.5, 0.6) is 11.6 Å². The summed E-state index contributed by atoms with van der Waals surface area (Å²) in [7, 11) is 0. The minimum atomic E-state index is -4.10. The molecule has 0 radical (unpaired) electrons. The number of rotatable bonds is 6. The first kappa shape index (κ1) is 20.1. The molecule has 0 fully saturated rings. The van der Waals surface area contributed by atoms with Gasteiger partial charge in [-0.3, -0.25) is 9.69 Å². The summed E-state index contributed by atoms with van der Waals surface area (Å²) < 4.78 is 42.8. The minimum absolute atomic E-state index is 0.118. The molecule has 0 saturated carbocycles. The third kappa shape index (κ3) is 5.69. The van der Waals surface area contributed by atoms with Gasteiger partial charge in [-0.2, -0.15) is 13.2 Å². The number of aryl methyl sites for hydroxylation is 1. The van der Waals surface area contributed by atoms with Crippen molar-refractivity contribution in [1.82, 2.24) is 9.88 Å². The molecule has 28 heavy (non-hydrogen) atoms. The standard InChI is InChI=1S/C20H22F3N3O2/c21-20(22,23)8-2-10-26-9-1-3-14-11-17(6-4-16(14)13-26)28-18-7-5-15(12-25-18)19(24)27/h4-7,11-12H,1-3,8-10,13H2,(H2,24,27). The highest BCUT2D eigenvalue weighted by molar-refractivity contribution is 5.92. The number of nitrogens with two attached hydrogens (primary N) is 1. The molecule has 8 heteroatoms. The van der Waals surface area contributed by atoms with Crippen molar-refractivity contribution in [1.29, 1.82) is 0 Å². The van der Waals surface area contributed by atoms with Crippen molar-refractivity contribution in [2.45, 2.75) is 38.4 Å². The summed E-state index contributed by atoms with van der Waals surface area (Å²) in [6.45, 7) is 1.85. The van der Waals surface area contributed by atoms with Crippen LogP contribution in [-0.2, 0) is 13.0 Å². The van der Waals surface area contributed by atoms with Crippen LogP contribution < -0.4 is 10.5 Å². The highest BCUT2D eigenvalue weighted by atomic mass is 19.4. The van der Waals surface area contributed by atoms with Gasteiger partial charge in [0.1, 0.15) is 5.75 Å². The Morgan fingerprint density at radius 3 is 2.71 bits per heavy atom. The number of alkyl halides is 3. The van der Waals surface area contributed by atoms with Crippen molar-refractivity contribution < 1.29 is 22.7 Å². The largest absolute Gasteiger partial charge is 0.439 e. The van der Waals surface area contributed by atoms with Crippen molar-refractivity contribution in [2.75, 3.05) is 13.1 Å². The lowest BCUT2D eigenvalue weighted by atomic mass is 10.0. The molecule has 2 heterocycles. The Hall–Kier alpha value is -2.61. The van der Waals surface area contributed by atoms with Crippen LogP contribution in [0.15, 0.2) is 36.5 Å². The van der Waals surface area contributed by atoms with Gasteiger partial charge in [0.2, 0.25) is 11.8 Å². The molecule has 1 aromatic heterocycles. The maximum Gasteiger partial charge on any atom is 0.389 e. The number of benzene rings is 1. The molecule has 3 rings (SSSR count). The Bertz CT molecular complexity index is 822. The van der Waals surface area contributed by atoms with E-state index in [4.69, 9.17) is 10.5 Å². The molecule has 1 amide bonds. The predicted octanol–water partition coefficient (Wildman–Crippen LogP) is 4.06. The fourth-order valence-corrected chi connectivity index (χ4v) is 3.27. The predicted molar refractivity (Wildman–Crippen MR) is 98.2 cm³/mol. The molecule has 150 valence electrons. The average molecular weight is 393 g/mol. The molecule has 0 atom stereocenters. The summed E-state index contributed by atoms with van der Waals surface area (Å²) in [4.78, 5) is 17.2. The van der Waals surface area contributed by atoms with Gasteiger partial charge < -0.3 is 10.5 Å². The quantitative estimate of drug-likeness (QED) is 0.804. The summed E-state index contributed by atoms with van der Waals surface area (Å²) in [6, 6.07) is 8.84. The van der Waals surface area contributed by atoms with Gasteiger partial charge in [-0.05, 0) is 61.7 Å². The van der Waals surface area contributed by atoms with E-state index in [1.807, 2.05) is 18.2 Å². The highest BCUT2D eigenvalue weighted by Crippen LogP contribution is 2.27. The summed E-state index contributed by atoms with van der Waals surface area (Å²) in [6.07, 6.45) is -1.64. The number of carbonyl (C=O) groups is 1. The second-order valence-corrected chi connectivity index (χ2v) is 6.88. The normalized spacial score (nSPS) is 15.0. The van der Waals surface area contributed by atoms with Gasteiger partial charge in [-0.25, -0.2) is 4.98 Å². The van der Waals surface area contributed by atoms with E-state index in [1.54, 1.807) is 12.1 Å². The zero-order valence-corrected chi connectivity index (χ0v) is 15.3. The van der Waals surface area contributed by atoms with Gasteiger partial charge in [0.25, 0.3) is 0 Å². The molecule has 1 aliphatic rings. The zero-order chi connectivity index (χ0) is 20.1. The van der Waals surface area contributed by atoms with Gasteiger partial charge in [-0.15, -0.1) is 0 Å². The van der Waals surface area contributed by atoms with E-state index in [0.29, 0.717) is 30.3 Å². The van der Waals surface area contributed by atoms with E-state index < -0.39 is 18.5 Å². The van der Waals surface area contributed by atoms with Gasteiger partial charge >= 0.3 is 6.18 Å². The Morgan fingerprint density at radius 1 is 1.21 bits per heavy atom. The highest BCUT2D eigenvalue weighted by Gasteiger charge is 2.26. The molecule has 0 unspecified atom stereocenters. The Morgan fingerprint density at radius 2 is 2.04 bits per heavy atom. The smallest absolute Gasteiger partial charge is 0.389 e. The van der Waals surface area contributed by atoms with Crippen LogP contribution in [0.1, 0.15) is 40.7 Å². The van der Waals surface area contributed by atoms with E-state index in [2.05, 4.69) is 9.88 Å². The Labute approximate surface area is 161 Å². The number of hydrogen-bond acceptors (Lipinski definition) is 4. The molecule has 0 bridgehead atoms. The van der Waals surface area contributed by atoms with E-state index in [0.717, 1.165) is 30.5 Å². The molecule has 0 spiro atoms. The first-order valence-corrected chi connectivity index (χ1v) is 9.15. The van der Waals surface area contributed by atoms with E-state index in [-0.39, 0.29) is 6.42 Å². The first-order chi connectivity index (χ1) is 13.3. The number of nitrogens with zero attached hydrogens (tertiary/aromatic N) is 2. The van der Waals surface area contributed by atoms with Crippen molar-refractivity contribution in [3.8, 4) is 11.6 Å². The van der Waals surface area contributed by atoms with Crippen LogP contribution in [0.2, 0.25) is 0 Å². The third-order valence-corrected chi connectivity index (χ3v) is 4.67. The molecule has 5 nitrogen and oxygen atoms in total. The molecular weight excluding hydrogens is 371 g/mol. The molecule has 1 aromatic carbocycles. The van der Waals surface area contributed by atoms with Crippen LogP contribution in [-0.4, -0.2) is 35.1 Å². The van der Waals surface area contributed by atoms with Gasteiger partial charge in [0.05, 0.1) is 5.56 Å². The van der Waals surface area contributed by atoms with E-state index >= 15 is 0 Å². The number of halogens is 3. The van der Waals surface area contributed by atoms with Crippen LogP contribution in [0.25, 0.3) is 0 Å². The monoisotopic (exact) mass is 393 g/mol. The van der Waals surface area contributed by atoms with Crippen molar-refractivity contribution in [3.05, 3.63) is 53.2 Å². The Balaban J connectivity index is 1.63. The fraction of sp³-hybridized carbons (Fsp3) is 0.400. The number of fused-ring (bicyclic) bond motifs is 1. The lowest BCUT2D eigenvalue weighted by Gasteiger charge is -2.20. The lowest BCUT2D eigenvalue weighted by Crippen LogP contribution is -2.25. The van der Waals surface area contributed by atoms with Gasteiger partial charge in [0, 0.05) is 25.2 Å². The minimum Gasteiger partial charge on any atom is -0.439 e. The van der Waals surface area contributed by atoms with E-state index in [9.17, 15) is 18.0 Å². The number of pyridine rings is 1. The second-order valence-electron chi connectivity index (χ2n) is 6.88. The average Bonchev–Trinajstić information content (AvgIpc) is 2.82. The summed E-state index contributed by atoms with van der Waals surface area (Å²) in [5.74, 6) is 0.430. The van der Waals surface area contributed by atoms with Crippen molar-refractivity contribution >= 4 is 5.91 Å². The molecule has 0 saturated heterocycles. The first-order valence-electron chi connectivity index (χ1n) is 9.15. The van der Waals surface area contributed by atoms with Gasteiger partial charge in [0.15, 0.2) is 0 Å². The lowest BCUT2D eigenvalue weighted by molar-refractivity contribution is -0.136. The number of amides is 1. The SMILES string of the molecule is NC(=O)c1ccc(Oc2ccc3c(c2)CCCN(CCCC(F)(F)F)C3)nc1. The Kier molecular flexibility index (Phi) is 6.18. The maximum absolute atomic E-state index is 12.4. The van der Waals surface area contributed by atoms with Crippen LogP contribution in [0, 0.1) is 0 Å². The number of aromatic nitrogens is 1.